The van der Waals surface area contributed by atoms with Crippen LogP contribution in [0.5, 0.6) is 0 Å². The molecule has 1 saturated heterocycles. The maximum absolute atomic E-state index is 12.2. The number of anilines is 2. The monoisotopic (exact) mass is 380 g/mol. The van der Waals surface area contributed by atoms with E-state index in [1.807, 2.05) is 18.2 Å². The molecule has 28 heavy (non-hydrogen) atoms. The fourth-order valence-corrected chi connectivity index (χ4v) is 3.10. The third-order valence-electron chi connectivity index (χ3n) is 4.72. The van der Waals surface area contributed by atoms with E-state index in [0.29, 0.717) is 5.69 Å². The van der Waals surface area contributed by atoms with Crippen molar-refractivity contribution in [2.24, 2.45) is 0 Å². The Balaban J connectivity index is 1.53. The van der Waals surface area contributed by atoms with E-state index in [1.54, 1.807) is 18.3 Å². The van der Waals surface area contributed by atoms with Crippen LogP contribution < -0.4 is 10.2 Å². The van der Waals surface area contributed by atoms with Crippen LogP contribution in [0, 0.1) is 0 Å². The lowest BCUT2D eigenvalue weighted by atomic mass is 10.2. The summed E-state index contributed by atoms with van der Waals surface area (Å²) < 4.78 is 0. The summed E-state index contributed by atoms with van der Waals surface area (Å²) in [5.41, 5.74) is 2.64. The largest absolute Gasteiger partial charge is 0.369 e. The van der Waals surface area contributed by atoms with E-state index in [-0.39, 0.29) is 5.91 Å². The molecule has 0 radical (unpaired) electrons. The lowest BCUT2D eigenvalue weighted by Gasteiger charge is -2.36. The van der Waals surface area contributed by atoms with E-state index in [4.69, 9.17) is 0 Å². The van der Waals surface area contributed by atoms with Crippen LogP contribution in [0.2, 0.25) is 0 Å². The number of benzene rings is 1. The van der Waals surface area contributed by atoms with Crippen LogP contribution in [0.1, 0.15) is 5.69 Å². The molecule has 148 valence electrons. The molecule has 2 heterocycles. The normalized spacial score (nSPS) is 15.3. The number of piperazine rings is 1. The van der Waals surface area contributed by atoms with Gasteiger partial charge < -0.3 is 15.1 Å². The quantitative estimate of drug-likeness (QED) is 0.739. The minimum atomic E-state index is -0.177. The van der Waals surface area contributed by atoms with Crippen molar-refractivity contribution in [3.63, 3.8) is 0 Å². The van der Waals surface area contributed by atoms with Gasteiger partial charge in [-0.3, -0.25) is 9.69 Å². The lowest BCUT2D eigenvalue weighted by molar-refractivity contribution is -0.111. The highest BCUT2D eigenvalue weighted by molar-refractivity contribution is 6.02. The zero-order chi connectivity index (χ0) is 19.8. The van der Waals surface area contributed by atoms with Crippen LogP contribution in [-0.4, -0.2) is 79.0 Å². The molecule has 0 unspecified atom stereocenters. The number of nitrogens with zero attached hydrogens (tertiary/aromatic N) is 5. The van der Waals surface area contributed by atoms with E-state index in [9.17, 15) is 4.79 Å². The van der Waals surface area contributed by atoms with Crippen molar-refractivity contribution in [1.29, 1.82) is 0 Å². The third kappa shape index (κ3) is 6.14. The zero-order valence-electron chi connectivity index (χ0n) is 16.6. The second kappa shape index (κ2) is 9.96. The molecule has 2 aromatic rings. The molecule has 1 fully saturated rings. The number of carbonyl (C=O) groups is 1. The maximum atomic E-state index is 12.2. The Bertz CT molecular complexity index is 784. The molecular formula is C21H28N6O. The van der Waals surface area contributed by atoms with Gasteiger partial charge in [0, 0.05) is 62.9 Å². The van der Waals surface area contributed by atoms with Gasteiger partial charge in [0.05, 0.1) is 5.69 Å². The summed E-state index contributed by atoms with van der Waals surface area (Å²) in [4.78, 5) is 27.2. The Morgan fingerprint density at radius 2 is 2.04 bits per heavy atom. The predicted octanol–water partition coefficient (Wildman–Crippen LogP) is 1.81. The van der Waals surface area contributed by atoms with Crippen molar-refractivity contribution in [2.45, 2.75) is 0 Å². The van der Waals surface area contributed by atoms with E-state index in [1.165, 1.54) is 12.4 Å². The van der Waals surface area contributed by atoms with E-state index in [2.05, 4.69) is 50.1 Å². The summed E-state index contributed by atoms with van der Waals surface area (Å²) in [6.07, 6.45) is 6.27. The molecule has 7 heteroatoms. The van der Waals surface area contributed by atoms with Gasteiger partial charge in [0.25, 0.3) is 0 Å². The first-order valence-electron chi connectivity index (χ1n) is 9.57. The lowest BCUT2D eigenvalue weighted by Crippen LogP contribution is -2.48. The number of hydrogen-bond acceptors (Lipinski definition) is 6. The molecule has 1 N–H and O–H groups in total. The van der Waals surface area contributed by atoms with Crippen molar-refractivity contribution in [3.8, 4) is 0 Å². The Morgan fingerprint density at radius 3 is 2.75 bits per heavy atom. The zero-order valence-corrected chi connectivity index (χ0v) is 16.6. The van der Waals surface area contributed by atoms with Gasteiger partial charge in [-0.2, -0.15) is 0 Å². The van der Waals surface area contributed by atoms with Crippen molar-refractivity contribution in [1.82, 2.24) is 19.8 Å². The fourth-order valence-electron chi connectivity index (χ4n) is 3.10. The second-order valence-electron chi connectivity index (χ2n) is 7.14. The molecule has 0 spiro atoms. The number of rotatable bonds is 7. The van der Waals surface area contributed by atoms with Crippen LogP contribution in [0.4, 0.5) is 11.4 Å². The number of amides is 1. The summed E-state index contributed by atoms with van der Waals surface area (Å²) in [5.74, 6) is -0.177. The number of hydrogen-bond donors (Lipinski definition) is 1. The van der Waals surface area contributed by atoms with Gasteiger partial charge in [-0.25, -0.2) is 9.97 Å². The average molecular weight is 380 g/mol. The predicted molar refractivity (Wildman–Crippen MR) is 113 cm³/mol. The summed E-state index contributed by atoms with van der Waals surface area (Å²) >= 11 is 0. The Labute approximate surface area is 166 Å². The summed E-state index contributed by atoms with van der Waals surface area (Å²) in [5, 5.41) is 2.92. The van der Waals surface area contributed by atoms with Crippen molar-refractivity contribution in [2.75, 3.05) is 63.6 Å². The van der Waals surface area contributed by atoms with Crippen LogP contribution >= 0.6 is 0 Å². The Kier molecular flexibility index (Phi) is 7.11. The first-order chi connectivity index (χ1) is 13.6. The topological polar surface area (TPSA) is 64.6 Å². The molecule has 7 nitrogen and oxygen atoms in total. The van der Waals surface area contributed by atoms with Crippen molar-refractivity contribution in [3.05, 3.63) is 54.6 Å². The molecule has 3 rings (SSSR count). The highest BCUT2D eigenvalue weighted by atomic mass is 16.1. The SMILES string of the molecule is CN(C)CCN1CCN(c2cccc(NC(=O)/C=C/c3ccncn3)c2)CC1. The smallest absolute Gasteiger partial charge is 0.248 e. The average Bonchev–Trinajstić information content (AvgIpc) is 2.72. The number of aromatic nitrogens is 2. The molecule has 1 aliphatic rings. The highest BCUT2D eigenvalue weighted by Gasteiger charge is 2.17. The molecule has 0 aliphatic carbocycles. The first-order valence-corrected chi connectivity index (χ1v) is 9.57. The van der Waals surface area contributed by atoms with E-state index < -0.39 is 0 Å². The van der Waals surface area contributed by atoms with Gasteiger partial charge in [0.15, 0.2) is 0 Å². The minimum absolute atomic E-state index is 0.177. The van der Waals surface area contributed by atoms with Crippen LogP contribution in [0.3, 0.4) is 0 Å². The molecule has 1 aliphatic heterocycles. The first kappa shape index (κ1) is 20.0. The van der Waals surface area contributed by atoms with Gasteiger partial charge >= 0.3 is 0 Å². The highest BCUT2D eigenvalue weighted by Crippen LogP contribution is 2.21. The molecule has 0 saturated carbocycles. The standard InChI is InChI=1S/C21H28N6O/c1-25(2)10-11-26-12-14-27(15-13-26)20-5-3-4-19(16-20)24-21(28)7-6-18-8-9-22-17-23-18/h3-9,16-17H,10-15H2,1-2H3,(H,24,28)/b7-6+. The van der Waals surface area contributed by atoms with Crippen molar-refractivity contribution < 1.29 is 4.79 Å². The van der Waals surface area contributed by atoms with Gasteiger partial charge in [0.2, 0.25) is 5.91 Å². The number of carbonyl (C=O) groups excluding carboxylic acids is 1. The van der Waals surface area contributed by atoms with Crippen LogP contribution in [0.15, 0.2) is 48.9 Å². The minimum Gasteiger partial charge on any atom is -0.369 e. The third-order valence-corrected chi connectivity index (χ3v) is 4.72. The van der Waals surface area contributed by atoms with E-state index in [0.717, 1.165) is 50.6 Å². The van der Waals surface area contributed by atoms with Crippen LogP contribution in [0.25, 0.3) is 6.08 Å². The second-order valence-corrected chi connectivity index (χ2v) is 7.14. The number of likely N-dealkylation sites (N-methyl/N-ethyl adjacent to an activating group) is 1. The maximum Gasteiger partial charge on any atom is 0.248 e. The van der Waals surface area contributed by atoms with Crippen LogP contribution in [-0.2, 0) is 4.79 Å². The summed E-state index contributed by atoms with van der Waals surface area (Å²) in [6.45, 7) is 6.31. The molecule has 0 bridgehead atoms. The van der Waals surface area contributed by atoms with Gasteiger partial charge in [-0.1, -0.05) is 6.07 Å². The fraction of sp³-hybridized carbons (Fsp3) is 0.381. The van der Waals surface area contributed by atoms with E-state index >= 15 is 0 Å². The molecule has 0 atom stereocenters. The van der Waals surface area contributed by atoms with Gasteiger partial charge in [0.1, 0.15) is 6.33 Å². The molecule has 1 amide bonds. The molecular weight excluding hydrogens is 352 g/mol. The van der Waals surface area contributed by atoms with Gasteiger partial charge in [-0.15, -0.1) is 0 Å². The molecule has 1 aromatic carbocycles. The Morgan fingerprint density at radius 1 is 1.21 bits per heavy atom. The number of nitrogens with one attached hydrogen (secondary N) is 1. The summed E-state index contributed by atoms with van der Waals surface area (Å²) in [7, 11) is 4.22. The summed E-state index contributed by atoms with van der Waals surface area (Å²) in [6, 6.07) is 9.78. The van der Waals surface area contributed by atoms with Crippen molar-refractivity contribution >= 4 is 23.4 Å². The van der Waals surface area contributed by atoms with Gasteiger partial charge in [-0.05, 0) is 44.4 Å². The Hall–Kier alpha value is -2.77. The molecule has 1 aromatic heterocycles.